The highest BCUT2D eigenvalue weighted by Gasteiger charge is 2.14. The van der Waals surface area contributed by atoms with Gasteiger partial charge in [-0.1, -0.05) is 25.1 Å². The molecule has 3 aromatic rings. The second kappa shape index (κ2) is 5.48. The normalized spacial score (nSPS) is 10.8. The Morgan fingerprint density at radius 2 is 2.14 bits per heavy atom. The third-order valence-electron chi connectivity index (χ3n) is 3.47. The summed E-state index contributed by atoms with van der Waals surface area (Å²) in [5.74, 6) is -0.332. The van der Waals surface area contributed by atoms with Gasteiger partial charge in [0.1, 0.15) is 5.52 Å². The minimum atomic E-state index is -0.332. The van der Waals surface area contributed by atoms with Crippen LogP contribution in [0.25, 0.3) is 5.52 Å². The molecule has 0 radical (unpaired) electrons. The molecule has 1 amide bonds. The van der Waals surface area contributed by atoms with Crippen molar-refractivity contribution in [3.8, 4) is 0 Å². The number of carbonyl (C=O) groups is 1. The summed E-state index contributed by atoms with van der Waals surface area (Å²) in [4.78, 5) is 26.9. The summed E-state index contributed by atoms with van der Waals surface area (Å²) in [6.07, 6.45) is 2.49. The van der Waals surface area contributed by atoms with Crippen LogP contribution < -0.4 is 10.9 Å². The van der Waals surface area contributed by atoms with Gasteiger partial charge in [0, 0.05) is 23.6 Å². The molecule has 0 unspecified atom stereocenters. The zero-order valence-corrected chi connectivity index (χ0v) is 12.4. The largest absolute Gasteiger partial charge is 0.323 e. The molecule has 112 valence electrons. The number of carbonyl (C=O) groups excluding carboxylic acids is 1. The number of benzene rings is 1. The van der Waals surface area contributed by atoms with Crippen molar-refractivity contribution in [1.29, 1.82) is 0 Å². The third-order valence-corrected chi connectivity index (χ3v) is 3.47. The molecule has 6 nitrogen and oxygen atoms in total. The Balaban J connectivity index is 1.96. The van der Waals surface area contributed by atoms with Crippen molar-refractivity contribution in [2.45, 2.75) is 20.3 Å². The highest BCUT2D eigenvalue weighted by atomic mass is 16.2. The molecule has 3 rings (SSSR count). The molecule has 0 fully saturated rings. The second-order valence-electron chi connectivity index (χ2n) is 5.09. The minimum Gasteiger partial charge on any atom is -0.323 e. The van der Waals surface area contributed by atoms with Gasteiger partial charge in [0.25, 0.3) is 11.5 Å². The molecule has 2 aromatic heterocycles. The Labute approximate surface area is 126 Å². The van der Waals surface area contributed by atoms with Gasteiger partial charge in [0.05, 0.1) is 0 Å². The fourth-order valence-electron chi connectivity index (χ4n) is 2.37. The van der Waals surface area contributed by atoms with E-state index in [1.807, 2.05) is 31.2 Å². The van der Waals surface area contributed by atoms with Crippen LogP contribution in [0.3, 0.4) is 0 Å². The molecule has 0 bridgehead atoms. The van der Waals surface area contributed by atoms with Crippen molar-refractivity contribution in [2.24, 2.45) is 0 Å². The van der Waals surface area contributed by atoms with Crippen molar-refractivity contribution in [3.63, 3.8) is 0 Å². The molecule has 0 saturated heterocycles. The van der Waals surface area contributed by atoms with Gasteiger partial charge in [-0.2, -0.15) is 5.10 Å². The van der Waals surface area contributed by atoms with Crippen molar-refractivity contribution in [2.75, 3.05) is 5.32 Å². The quantitative estimate of drug-likeness (QED) is 0.777. The number of amides is 1. The first-order chi connectivity index (χ1) is 10.6. The van der Waals surface area contributed by atoms with Crippen LogP contribution in [0.1, 0.15) is 28.7 Å². The molecule has 0 spiro atoms. The number of para-hydroxylation sites is 1. The first-order valence-corrected chi connectivity index (χ1v) is 7.07. The fourth-order valence-corrected chi connectivity index (χ4v) is 2.37. The first kappa shape index (κ1) is 14.1. The summed E-state index contributed by atoms with van der Waals surface area (Å²) >= 11 is 0. The summed E-state index contributed by atoms with van der Waals surface area (Å²) in [7, 11) is 0. The van der Waals surface area contributed by atoms with Gasteiger partial charge < -0.3 is 10.3 Å². The molecule has 0 aliphatic rings. The number of rotatable bonds is 3. The summed E-state index contributed by atoms with van der Waals surface area (Å²) in [6.45, 7) is 3.79. The number of nitrogens with zero attached hydrogens (tertiary/aromatic N) is 2. The maximum Gasteiger partial charge on any atom is 0.276 e. The summed E-state index contributed by atoms with van der Waals surface area (Å²) < 4.78 is 1.43. The van der Waals surface area contributed by atoms with E-state index in [1.54, 1.807) is 13.1 Å². The van der Waals surface area contributed by atoms with Crippen LogP contribution in [0.2, 0.25) is 0 Å². The monoisotopic (exact) mass is 296 g/mol. The number of nitrogens with one attached hydrogen (secondary N) is 2. The van der Waals surface area contributed by atoms with Crippen LogP contribution in [-0.2, 0) is 6.42 Å². The number of aromatic nitrogens is 3. The van der Waals surface area contributed by atoms with E-state index in [9.17, 15) is 9.59 Å². The lowest BCUT2D eigenvalue weighted by molar-refractivity contribution is 0.102. The molecule has 2 N–H and O–H groups in total. The van der Waals surface area contributed by atoms with Gasteiger partial charge in [0.2, 0.25) is 0 Å². The lowest BCUT2D eigenvalue weighted by atomic mass is 10.1. The summed E-state index contributed by atoms with van der Waals surface area (Å²) in [5.41, 5.74) is 2.79. The van der Waals surface area contributed by atoms with Crippen LogP contribution in [0.4, 0.5) is 5.69 Å². The molecule has 6 heteroatoms. The van der Waals surface area contributed by atoms with E-state index < -0.39 is 0 Å². The van der Waals surface area contributed by atoms with E-state index in [-0.39, 0.29) is 17.2 Å². The van der Waals surface area contributed by atoms with Gasteiger partial charge in [0.15, 0.2) is 5.69 Å². The fraction of sp³-hybridized carbons (Fsp3) is 0.188. The van der Waals surface area contributed by atoms with Crippen LogP contribution in [0.5, 0.6) is 0 Å². The van der Waals surface area contributed by atoms with Crippen LogP contribution in [0, 0.1) is 6.92 Å². The lowest BCUT2D eigenvalue weighted by Crippen LogP contribution is -2.14. The van der Waals surface area contributed by atoms with Crippen molar-refractivity contribution in [1.82, 2.24) is 14.6 Å². The number of anilines is 1. The molecule has 0 atom stereocenters. The third kappa shape index (κ3) is 2.50. The predicted molar refractivity (Wildman–Crippen MR) is 84.3 cm³/mol. The first-order valence-electron chi connectivity index (χ1n) is 7.07. The van der Waals surface area contributed by atoms with Crippen LogP contribution >= 0.6 is 0 Å². The van der Waals surface area contributed by atoms with Crippen LogP contribution in [0.15, 0.2) is 41.3 Å². The molecule has 2 heterocycles. The molecule has 0 saturated carbocycles. The average molecular weight is 296 g/mol. The molecule has 1 aromatic carbocycles. The minimum absolute atomic E-state index is 0.210. The highest BCUT2D eigenvalue weighted by molar-refractivity contribution is 6.04. The van der Waals surface area contributed by atoms with Crippen molar-refractivity contribution < 1.29 is 4.79 Å². The van der Waals surface area contributed by atoms with Gasteiger partial charge in [-0.25, -0.2) is 4.52 Å². The van der Waals surface area contributed by atoms with E-state index in [0.717, 1.165) is 17.7 Å². The lowest BCUT2D eigenvalue weighted by Gasteiger charge is -2.07. The van der Waals surface area contributed by atoms with E-state index in [4.69, 9.17) is 0 Å². The predicted octanol–water partition coefficient (Wildman–Crippen LogP) is 2.15. The number of hydrogen-bond donors (Lipinski definition) is 2. The maximum absolute atomic E-state index is 12.3. The van der Waals surface area contributed by atoms with Crippen molar-refractivity contribution in [3.05, 3.63) is 63.8 Å². The number of aromatic amines is 1. The van der Waals surface area contributed by atoms with E-state index in [1.165, 1.54) is 10.6 Å². The Morgan fingerprint density at radius 3 is 2.91 bits per heavy atom. The zero-order chi connectivity index (χ0) is 15.7. The maximum atomic E-state index is 12.3. The van der Waals surface area contributed by atoms with Gasteiger partial charge in [-0.05, 0) is 25.0 Å². The van der Waals surface area contributed by atoms with Gasteiger partial charge in [-0.3, -0.25) is 9.59 Å². The molecular formula is C16H16N4O2. The van der Waals surface area contributed by atoms with Crippen molar-refractivity contribution >= 4 is 17.1 Å². The van der Waals surface area contributed by atoms with Gasteiger partial charge in [-0.15, -0.1) is 0 Å². The highest BCUT2D eigenvalue weighted by Crippen LogP contribution is 2.16. The van der Waals surface area contributed by atoms with E-state index >= 15 is 0 Å². The second-order valence-corrected chi connectivity index (χ2v) is 5.09. The molecular weight excluding hydrogens is 280 g/mol. The van der Waals surface area contributed by atoms with Crippen LogP contribution in [-0.4, -0.2) is 20.5 Å². The Hall–Kier alpha value is -2.89. The Morgan fingerprint density at radius 1 is 1.36 bits per heavy atom. The Bertz CT molecular complexity index is 908. The molecule has 22 heavy (non-hydrogen) atoms. The number of H-pyrrole nitrogens is 1. The van der Waals surface area contributed by atoms with E-state index in [0.29, 0.717) is 11.2 Å². The average Bonchev–Trinajstić information content (AvgIpc) is 2.92. The SMILES string of the molecule is CCc1ccccc1NC(=O)c1cc2c(=O)[nH]c(C)cn2n1. The summed E-state index contributed by atoms with van der Waals surface area (Å²) in [5, 5.41) is 7.02. The topological polar surface area (TPSA) is 79.3 Å². The Kier molecular flexibility index (Phi) is 3.50. The molecule has 0 aliphatic heterocycles. The van der Waals surface area contributed by atoms with Gasteiger partial charge >= 0.3 is 0 Å². The smallest absolute Gasteiger partial charge is 0.276 e. The zero-order valence-electron chi connectivity index (χ0n) is 12.4. The number of fused-ring (bicyclic) bond motifs is 1. The number of aryl methyl sites for hydroxylation is 2. The number of hydrogen-bond acceptors (Lipinski definition) is 3. The summed E-state index contributed by atoms with van der Waals surface area (Å²) in [6, 6.07) is 9.10. The van der Waals surface area contributed by atoms with E-state index in [2.05, 4.69) is 15.4 Å². The standard InChI is InChI=1S/C16H16N4O2/c1-3-11-6-4-5-7-12(11)18-15(21)13-8-14-16(22)17-10(2)9-20(14)19-13/h4-9H,3H2,1-2H3,(H,17,22)(H,18,21). The molecule has 0 aliphatic carbocycles.